The number of rotatable bonds is 5. The fourth-order valence-corrected chi connectivity index (χ4v) is 4.33. The van der Waals surface area contributed by atoms with Crippen LogP contribution in [0.4, 0.5) is 0 Å². The summed E-state index contributed by atoms with van der Waals surface area (Å²) >= 11 is 0. The summed E-state index contributed by atoms with van der Waals surface area (Å²) in [5.41, 5.74) is 1.75. The number of hydrogen-bond acceptors (Lipinski definition) is 3. The van der Waals surface area contributed by atoms with Crippen molar-refractivity contribution in [2.75, 3.05) is 26.2 Å². The zero-order chi connectivity index (χ0) is 20.3. The molecule has 1 aliphatic carbocycles. The first-order chi connectivity index (χ1) is 14.1. The fraction of sp³-hybridized carbons (Fsp3) is 0.591. The Hall–Kier alpha value is -2.57. The molecular formula is C22H31N5O2. The molecule has 3 N–H and O–H groups in total. The summed E-state index contributed by atoms with van der Waals surface area (Å²) in [5.74, 6) is 1.05. The Morgan fingerprint density at radius 1 is 1.38 bits per heavy atom. The maximum Gasteiger partial charge on any atom is 0.251 e. The Kier molecular flexibility index (Phi) is 5.74. The lowest BCUT2D eigenvalue weighted by Crippen LogP contribution is -2.51. The highest BCUT2D eigenvalue weighted by molar-refractivity contribution is 5.94. The zero-order valence-corrected chi connectivity index (χ0v) is 17.2. The van der Waals surface area contributed by atoms with E-state index in [4.69, 9.17) is 4.99 Å². The van der Waals surface area contributed by atoms with Crippen molar-refractivity contribution in [3.8, 4) is 0 Å². The first-order valence-corrected chi connectivity index (χ1v) is 10.8. The van der Waals surface area contributed by atoms with E-state index < -0.39 is 0 Å². The summed E-state index contributed by atoms with van der Waals surface area (Å²) in [7, 11) is 0. The number of guanidine groups is 1. The van der Waals surface area contributed by atoms with Crippen molar-refractivity contribution in [3.63, 3.8) is 0 Å². The Labute approximate surface area is 172 Å². The van der Waals surface area contributed by atoms with Crippen LogP contribution in [0.25, 0.3) is 0 Å². The van der Waals surface area contributed by atoms with Gasteiger partial charge in [0.2, 0.25) is 5.91 Å². The molecule has 1 unspecified atom stereocenters. The van der Waals surface area contributed by atoms with E-state index in [-0.39, 0.29) is 17.2 Å². The normalized spacial score (nSPS) is 24.5. The van der Waals surface area contributed by atoms with E-state index in [9.17, 15) is 9.59 Å². The van der Waals surface area contributed by atoms with E-state index in [0.717, 1.165) is 63.4 Å². The van der Waals surface area contributed by atoms with E-state index in [1.807, 2.05) is 24.3 Å². The van der Waals surface area contributed by atoms with Crippen molar-refractivity contribution >= 4 is 17.8 Å². The molecule has 2 heterocycles. The first kappa shape index (κ1) is 19.7. The first-order valence-electron chi connectivity index (χ1n) is 10.8. The predicted molar refractivity (Wildman–Crippen MR) is 113 cm³/mol. The molecule has 3 aliphatic rings. The highest BCUT2D eigenvalue weighted by Crippen LogP contribution is 2.36. The monoisotopic (exact) mass is 397 g/mol. The fourth-order valence-electron chi connectivity index (χ4n) is 4.33. The number of piperidine rings is 1. The van der Waals surface area contributed by atoms with Crippen LogP contribution in [0.3, 0.4) is 0 Å². The summed E-state index contributed by atoms with van der Waals surface area (Å²) in [6.07, 6.45) is 4.93. The largest absolute Gasteiger partial charge is 0.357 e. The topological polar surface area (TPSA) is 85.8 Å². The van der Waals surface area contributed by atoms with Crippen LogP contribution in [0.15, 0.2) is 29.3 Å². The number of amides is 2. The van der Waals surface area contributed by atoms with Crippen molar-refractivity contribution in [1.82, 2.24) is 20.9 Å². The number of carbonyl (C=O) groups is 2. The number of likely N-dealkylation sites (tertiary alicyclic amines) is 1. The molecule has 1 atom stereocenters. The van der Waals surface area contributed by atoms with Crippen LogP contribution in [-0.4, -0.2) is 54.9 Å². The number of nitrogens with one attached hydrogen (secondary N) is 3. The second-order valence-electron chi connectivity index (χ2n) is 8.60. The predicted octanol–water partition coefficient (Wildman–Crippen LogP) is 1.65. The van der Waals surface area contributed by atoms with Crippen LogP contribution in [-0.2, 0) is 11.3 Å². The Bertz CT molecular complexity index is 804. The highest BCUT2D eigenvalue weighted by atomic mass is 16.2. The lowest BCUT2D eigenvalue weighted by Gasteiger charge is -2.40. The highest BCUT2D eigenvalue weighted by Gasteiger charge is 2.42. The molecule has 1 aromatic rings. The average Bonchev–Trinajstić information content (AvgIpc) is 3.47. The van der Waals surface area contributed by atoms with Gasteiger partial charge in [0.1, 0.15) is 0 Å². The van der Waals surface area contributed by atoms with Gasteiger partial charge in [-0.25, -0.2) is 4.99 Å². The SMILES string of the molecule is CCNC(=NCc1cccc(C(=O)NC2CC2)c1)N1CCCC2(CNC(=O)C2)C1. The summed E-state index contributed by atoms with van der Waals surface area (Å²) in [6, 6.07) is 8.08. The zero-order valence-electron chi connectivity index (χ0n) is 17.2. The third-order valence-electron chi connectivity index (χ3n) is 6.01. The van der Waals surface area contributed by atoms with Gasteiger partial charge in [-0.3, -0.25) is 9.59 Å². The second-order valence-corrected chi connectivity index (χ2v) is 8.60. The van der Waals surface area contributed by atoms with E-state index in [1.54, 1.807) is 0 Å². The Morgan fingerprint density at radius 2 is 2.24 bits per heavy atom. The summed E-state index contributed by atoms with van der Waals surface area (Å²) < 4.78 is 0. The molecule has 156 valence electrons. The summed E-state index contributed by atoms with van der Waals surface area (Å²) in [6.45, 7) is 5.95. The minimum absolute atomic E-state index is 0.00149. The van der Waals surface area contributed by atoms with Crippen molar-refractivity contribution in [2.45, 2.75) is 51.6 Å². The molecule has 0 bridgehead atoms. The van der Waals surface area contributed by atoms with Gasteiger partial charge in [0.15, 0.2) is 5.96 Å². The molecule has 7 heteroatoms. The van der Waals surface area contributed by atoms with Gasteiger partial charge in [-0.15, -0.1) is 0 Å². The van der Waals surface area contributed by atoms with Crippen molar-refractivity contribution < 1.29 is 9.59 Å². The quantitative estimate of drug-likeness (QED) is 0.521. The molecule has 29 heavy (non-hydrogen) atoms. The second kappa shape index (κ2) is 8.43. The molecule has 1 aromatic carbocycles. The molecule has 2 saturated heterocycles. The molecule has 2 aliphatic heterocycles. The third-order valence-corrected chi connectivity index (χ3v) is 6.01. The maximum absolute atomic E-state index is 12.3. The molecule has 3 fully saturated rings. The molecular weight excluding hydrogens is 366 g/mol. The van der Waals surface area contributed by atoms with Crippen LogP contribution in [0.5, 0.6) is 0 Å². The third kappa shape index (κ3) is 4.89. The van der Waals surface area contributed by atoms with Gasteiger partial charge in [-0.2, -0.15) is 0 Å². The van der Waals surface area contributed by atoms with Crippen molar-refractivity contribution in [1.29, 1.82) is 0 Å². The molecule has 2 amide bonds. The minimum atomic E-state index is 0.00149. The summed E-state index contributed by atoms with van der Waals surface area (Å²) in [5, 5.41) is 9.44. The van der Waals surface area contributed by atoms with Crippen LogP contribution in [0.2, 0.25) is 0 Å². The van der Waals surface area contributed by atoms with E-state index >= 15 is 0 Å². The average molecular weight is 398 g/mol. The van der Waals surface area contributed by atoms with Gasteiger partial charge in [0.25, 0.3) is 5.91 Å². The van der Waals surface area contributed by atoms with Gasteiger partial charge in [-0.05, 0) is 50.3 Å². The Balaban J connectivity index is 1.44. The maximum atomic E-state index is 12.3. The molecule has 1 spiro atoms. The molecule has 7 nitrogen and oxygen atoms in total. The van der Waals surface area contributed by atoms with Crippen molar-refractivity contribution in [3.05, 3.63) is 35.4 Å². The molecule has 1 saturated carbocycles. The van der Waals surface area contributed by atoms with Crippen LogP contribution in [0, 0.1) is 5.41 Å². The number of hydrogen-bond donors (Lipinski definition) is 3. The number of carbonyl (C=O) groups excluding carboxylic acids is 2. The van der Waals surface area contributed by atoms with E-state index in [0.29, 0.717) is 24.6 Å². The minimum Gasteiger partial charge on any atom is -0.357 e. The number of nitrogens with zero attached hydrogens (tertiary/aromatic N) is 2. The van der Waals surface area contributed by atoms with E-state index in [2.05, 4.69) is 27.8 Å². The molecule has 0 aromatic heterocycles. The van der Waals surface area contributed by atoms with Crippen LogP contribution >= 0.6 is 0 Å². The van der Waals surface area contributed by atoms with Crippen LogP contribution in [0.1, 0.15) is 54.9 Å². The standard InChI is InChI=1S/C22H31N5O2/c1-2-23-21(27-10-4-9-22(15-27)12-19(28)25-14-22)24-13-16-5-3-6-17(11-16)20(29)26-18-7-8-18/h3,5-6,11,18H,2,4,7-10,12-15H2,1H3,(H,23,24)(H,25,28)(H,26,29). The van der Waals surface area contributed by atoms with Gasteiger partial charge < -0.3 is 20.9 Å². The van der Waals surface area contributed by atoms with Crippen LogP contribution < -0.4 is 16.0 Å². The van der Waals surface area contributed by atoms with Gasteiger partial charge in [0, 0.05) is 49.6 Å². The summed E-state index contributed by atoms with van der Waals surface area (Å²) in [4.78, 5) is 31.2. The lowest BCUT2D eigenvalue weighted by molar-refractivity contribution is -0.119. The lowest BCUT2D eigenvalue weighted by atomic mass is 9.79. The Morgan fingerprint density at radius 3 is 2.97 bits per heavy atom. The van der Waals surface area contributed by atoms with Crippen molar-refractivity contribution in [2.24, 2.45) is 10.4 Å². The van der Waals surface area contributed by atoms with E-state index in [1.165, 1.54) is 0 Å². The smallest absolute Gasteiger partial charge is 0.251 e. The molecule has 0 radical (unpaired) electrons. The number of benzene rings is 1. The van der Waals surface area contributed by atoms with Gasteiger partial charge in [0.05, 0.1) is 6.54 Å². The van der Waals surface area contributed by atoms with Gasteiger partial charge >= 0.3 is 0 Å². The van der Waals surface area contributed by atoms with Gasteiger partial charge in [-0.1, -0.05) is 12.1 Å². The number of aliphatic imine (C=N–C) groups is 1. The molecule has 4 rings (SSSR count).